The SMILES string of the molecule is CCCn1cncc1C(NCC(C)C)C(=O)O. The van der Waals surface area contributed by atoms with Crippen LogP contribution >= 0.6 is 0 Å². The van der Waals surface area contributed by atoms with Crippen molar-refractivity contribution in [1.82, 2.24) is 14.9 Å². The highest BCUT2D eigenvalue weighted by Crippen LogP contribution is 2.14. The van der Waals surface area contributed by atoms with E-state index in [-0.39, 0.29) is 0 Å². The van der Waals surface area contributed by atoms with Crippen LogP contribution in [0.2, 0.25) is 0 Å². The average molecular weight is 239 g/mol. The Morgan fingerprint density at radius 3 is 2.82 bits per heavy atom. The first-order valence-electron chi connectivity index (χ1n) is 6.02. The van der Waals surface area contributed by atoms with Crippen LogP contribution in [-0.4, -0.2) is 27.2 Å². The van der Waals surface area contributed by atoms with E-state index in [2.05, 4.69) is 31.1 Å². The van der Waals surface area contributed by atoms with Gasteiger partial charge in [0.2, 0.25) is 0 Å². The molecule has 2 N–H and O–H groups in total. The van der Waals surface area contributed by atoms with E-state index in [4.69, 9.17) is 0 Å². The van der Waals surface area contributed by atoms with E-state index in [0.29, 0.717) is 12.5 Å². The van der Waals surface area contributed by atoms with Crippen LogP contribution in [-0.2, 0) is 11.3 Å². The van der Waals surface area contributed by atoms with Gasteiger partial charge < -0.3 is 9.67 Å². The van der Waals surface area contributed by atoms with Crippen LogP contribution in [0.15, 0.2) is 12.5 Å². The molecule has 5 nitrogen and oxygen atoms in total. The molecule has 5 heteroatoms. The second-order valence-corrected chi connectivity index (χ2v) is 4.59. The Morgan fingerprint density at radius 1 is 1.59 bits per heavy atom. The van der Waals surface area contributed by atoms with Gasteiger partial charge in [0.15, 0.2) is 0 Å². The second-order valence-electron chi connectivity index (χ2n) is 4.59. The summed E-state index contributed by atoms with van der Waals surface area (Å²) in [6, 6.07) is -0.675. The van der Waals surface area contributed by atoms with Gasteiger partial charge in [-0.15, -0.1) is 0 Å². The number of nitrogens with one attached hydrogen (secondary N) is 1. The van der Waals surface area contributed by atoms with Crippen molar-refractivity contribution in [2.45, 2.75) is 39.8 Å². The number of carboxylic acids is 1. The molecule has 1 unspecified atom stereocenters. The molecule has 1 heterocycles. The molecule has 0 spiro atoms. The van der Waals surface area contributed by atoms with Gasteiger partial charge in [-0.05, 0) is 18.9 Å². The van der Waals surface area contributed by atoms with E-state index in [1.807, 2.05) is 4.57 Å². The van der Waals surface area contributed by atoms with Gasteiger partial charge in [-0.3, -0.25) is 10.1 Å². The highest BCUT2D eigenvalue weighted by atomic mass is 16.4. The van der Waals surface area contributed by atoms with Crippen LogP contribution in [0, 0.1) is 5.92 Å². The minimum Gasteiger partial charge on any atom is -0.480 e. The van der Waals surface area contributed by atoms with E-state index in [9.17, 15) is 9.90 Å². The quantitative estimate of drug-likeness (QED) is 0.759. The normalized spacial score (nSPS) is 12.9. The summed E-state index contributed by atoms with van der Waals surface area (Å²) in [6.07, 6.45) is 4.27. The van der Waals surface area contributed by atoms with Crippen LogP contribution in [0.1, 0.15) is 38.9 Å². The number of hydrogen-bond acceptors (Lipinski definition) is 3. The van der Waals surface area contributed by atoms with Gasteiger partial charge in [0, 0.05) is 6.54 Å². The third-order valence-electron chi connectivity index (χ3n) is 2.48. The first-order valence-corrected chi connectivity index (χ1v) is 6.02. The van der Waals surface area contributed by atoms with Crippen LogP contribution < -0.4 is 5.32 Å². The van der Waals surface area contributed by atoms with Gasteiger partial charge in [-0.1, -0.05) is 20.8 Å². The molecule has 17 heavy (non-hydrogen) atoms. The Hall–Kier alpha value is -1.36. The summed E-state index contributed by atoms with van der Waals surface area (Å²) >= 11 is 0. The fraction of sp³-hybridized carbons (Fsp3) is 0.667. The van der Waals surface area contributed by atoms with Crippen molar-refractivity contribution in [3.63, 3.8) is 0 Å². The third-order valence-corrected chi connectivity index (χ3v) is 2.48. The molecule has 1 rings (SSSR count). The number of rotatable bonds is 7. The lowest BCUT2D eigenvalue weighted by Crippen LogP contribution is -2.32. The molecular formula is C12H21N3O2. The van der Waals surface area contributed by atoms with E-state index in [1.165, 1.54) is 0 Å². The van der Waals surface area contributed by atoms with Crippen molar-refractivity contribution in [2.24, 2.45) is 5.92 Å². The Kier molecular flexibility index (Phi) is 5.15. The highest BCUT2D eigenvalue weighted by Gasteiger charge is 2.22. The number of hydrogen-bond donors (Lipinski definition) is 2. The van der Waals surface area contributed by atoms with Gasteiger partial charge in [0.05, 0.1) is 18.2 Å². The molecule has 0 saturated heterocycles. The fourth-order valence-corrected chi connectivity index (χ4v) is 1.67. The Balaban J connectivity index is 2.81. The van der Waals surface area contributed by atoms with E-state index < -0.39 is 12.0 Å². The lowest BCUT2D eigenvalue weighted by Gasteiger charge is -2.17. The maximum absolute atomic E-state index is 11.3. The molecule has 0 aliphatic carbocycles. The molecule has 1 atom stereocenters. The second kappa shape index (κ2) is 6.39. The molecule has 0 aromatic carbocycles. The smallest absolute Gasteiger partial charge is 0.326 e. The number of imidazole rings is 1. The predicted octanol–water partition coefficient (Wildman–Crippen LogP) is 1.66. The standard InChI is InChI=1S/C12H21N3O2/c1-4-5-15-8-13-7-10(15)11(12(16)17)14-6-9(2)3/h7-9,11,14H,4-6H2,1-3H3,(H,16,17). The molecule has 0 bridgehead atoms. The van der Waals surface area contributed by atoms with Gasteiger partial charge in [0.1, 0.15) is 6.04 Å². The third kappa shape index (κ3) is 3.85. The van der Waals surface area contributed by atoms with Crippen molar-refractivity contribution in [1.29, 1.82) is 0 Å². The Morgan fingerprint density at radius 2 is 2.29 bits per heavy atom. The summed E-state index contributed by atoms with van der Waals surface area (Å²) < 4.78 is 1.89. The summed E-state index contributed by atoms with van der Waals surface area (Å²) in [6.45, 7) is 7.63. The minimum atomic E-state index is -0.858. The average Bonchev–Trinajstić information content (AvgIpc) is 2.66. The summed E-state index contributed by atoms with van der Waals surface area (Å²) in [5.41, 5.74) is 0.722. The zero-order valence-electron chi connectivity index (χ0n) is 10.7. The van der Waals surface area contributed by atoms with Crippen molar-refractivity contribution in [2.75, 3.05) is 6.54 Å². The summed E-state index contributed by atoms with van der Waals surface area (Å²) in [4.78, 5) is 15.3. The van der Waals surface area contributed by atoms with Gasteiger partial charge >= 0.3 is 5.97 Å². The number of aryl methyl sites for hydroxylation is 1. The largest absolute Gasteiger partial charge is 0.480 e. The molecule has 1 aromatic rings. The van der Waals surface area contributed by atoms with E-state index in [0.717, 1.165) is 18.7 Å². The summed E-state index contributed by atoms with van der Waals surface area (Å²) in [7, 11) is 0. The van der Waals surface area contributed by atoms with Gasteiger partial charge in [-0.25, -0.2) is 4.98 Å². The molecule has 0 saturated carbocycles. The van der Waals surface area contributed by atoms with Crippen molar-refractivity contribution in [3.8, 4) is 0 Å². The van der Waals surface area contributed by atoms with Crippen molar-refractivity contribution >= 4 is 5.97 Å². The molecule has 0 radical (unpaired) electrons. The highest BCUT2D eigenvalue weighted by molar-refractivity contribution is 5.74. The fourth-order valence-electron chi connectivity index (χ4n) is 1.67. The number of aromatic nitrogens is 2. The predicted molar refractivity (Wildman–Crippen MR) is 65.7 cm³/mol. The lowest BCUT2D eigenvalue weighted by atomic mass is 10.1. The topological polar surface area (TPSA) is 67.2 Å². The maximum Gasteiger partial charge on any atom is 0.326 e. The van der Waals surface area contributed by atoms with E-state index in [1.54, 1.807) is 12.5 Å². The zero-order valence-corrected chi connectivity index (χ0v) is 10.7. The van der Waals surface area contributed by atoms with Crippen LogP contribution in [0.3, 0.4) is 0 Å². The Labute approximate surface area is 102 Å². The summed E-state index contributed by atoms with van der Waals surface area (Å²) in [5.74, 6) is -0.442. The molecule has 96 valence electrons. The van der Waals surface area contributed by atoms with Crippen LogP contribution in [0.4, 0.5) is 0 Å². The molecule has 0 amide bonds. The van der Waals surface area contributed by atoms with Gasteiger partial charge in [0.25, 0.3) is 0 Å². The number of carbonyl (C=O) groups is 1. The Bertz CT molecular complexity index is 360. The molecule has 0 aliphatic heterocycles. The van der Waals surface area contributed by atoms with Crippen LogP contribution in [0.5, 0.6) is 0 Å². The maximum atomic E-state index is 11.3. The first kappa shape index (κ1) is 13.7. The number of carboxylic acid groups (broad SMARTS) is 1. The van der Waals surface area contributed by atoms with Crippen molar-refractivity contribution in [3.05, 3.63) is 18.2 Å². The minimum absolute atomic E-state index is 0.416. The monoisotopic (exact) mass is 239 g/mol. The van der Waals surface area contributed by atoms with Gasteiger partial charge in [-0.2, -0.15) is 0 Å². The van der Waals surface area contributed by atoms with E-state index >= 15 is 0 Å². The number of nitrogens with zero attached hydrogens (tertiary/aromatic N) is 2. The zero-order chi connectivity index (χ0) is 12.8. The van der Waals surface area contributed by atoms with Crippen LogP contribution in [0.25, 0.3) is 0 Å². The molecular weight excluding hydrogens is 218 g/mol. The lowest BCUT2D eigenvalue weighted by molar-refractivity contribution is -0.139. The molecule has 1 aromatic heterocycles. The molecule has 0 aliphatic rings. The first-order chi connectivity index (χ1) is 8.06. The summed E-state index contributed by atoms with van der Waals surface area (Å²) in [5, 5.41) is 12.3. The molecule has 0 fully saturated rings. The number of aliphatic carboxylic acids is 1. The van der Waals surface area contributed by atoms with Crippen molar-refractivity contribution < 1.29 is 9.90 Å².